The van der Waals surface area contributed by atoms with E-state index in [1.807, 2.05) is 66.9 Å². The second-order valence-corrected chi connectivity index (χ2v) is 9.74. The number of furan rings is 1. The van der Waals surface area contributed by atoms with Gasteiger partial charge in [0.05, 0.1) is 0 Å². The van der Waals surface area contributed by atoms with Crippen LogP contribution in [0.5, 0.6) is 0 Å². The number of para-hydroxylation sites is 1. The lowest BCUT2D eigenvalue weighted by atomic mass is 10.1. The molecule has 2 aromatic carbocycles. The first kappa shape index (κ1) is 19.9. The van der Waals surface area contributed by atoms with Crippen molar-refractivity contribution in [2.75, 3.05) is 5.32 Å². The van der Waals surface area contributed by atoms with Crippen LogP contribution in [0.25, 0.3) is 21.5 Å². The van der Waals surface area contributed by atoms with E-state index in [4.69, 9.17) is 4.42 Å². The number of anilines is 1. The molecule has 5 aromatic rings. The molecule has 0 atom stereocenters. The van der Waals surface area contributed by atoms with Gasteiger partial charge in [0.25, 0.3) is 5.91 Å². The average Bonchev–Trinajstić information content (AvgIpc) is 3.51. The third-order valence-electron chi connectivity index (χ3n) is 4.51. The molecule has 0 aliphatic heterocycles. The largest absolute Gasteiger partial charge is 0.451 e. The molecule has 154 valence electrons. The van der Waals surface area contributed by atoms with Crippen LogP contribution < -0.4 is 5.32 Å². The van der Waals surface area contributed by atoms with Crippen molar-refractivity contribution in [3.05, 3.63) is 77.0 Å². The van der Waals surface area contributed by atoms with Crippen molar-refractivity contribution >= 4 is 56.4 Å². The lowest BCUT2D eigenvalue weighted by Crippen LogP contribution is -2.12. The number of carbonyl (C=O) groups is 1. The number of aryl methyl sites for hydroxylation is 1. The van der Waals surface area contributed by atoms with E-state index in [2.05, 4.69) is 20.5 Å². The minimum atomic E-state index is -0.335. The van der Waals surface area contributed by atoms with Gasteiger partial charge in [-0.2, -0.15) is 0 Å². The molecule has 9 heteroatoms. The van der Waals surface area contributed by atoms with Crippen LogP contribution in [0.4, 0.5) is 5.13 Å². The summed E-state index contributed by atoms with van der Waals surface area (Å²) in [7, 11) is 0. The van der Waals surface area contributed by atoms with Gasteiger partial charge in [0, 0.05) is 33.3 Å². The Hall–Kier alpha value is -3.01. The zero-order valence-corrected chi connectivity index (χ0v) is 18.8. The summed E-state index contributed by atoms with van der Waals surface area (Å²) in [5.74, 6) is 0.536. The normalized spacial score (nSPS) is 11.1. The summed E-state index contributed by atoms with van der Waals surface area (Å²) in [5, 5.41) is 15.3. The molecule has 0 fully saturated rings. The minimum Gasteiger partial charge on any atom is -0.451 e. The van der Waals surface area contributed by atoms with Crippen LogP contribution >= 0.6 is 34.4 Å². The van der Waals surface area contributed by atoms with Gasteiger partial charge in [0.15, 0.2) is 5.76 Å². The standard InChI is InChI=1S/C22H16N4O2S3/c1-13-11-29-22(23-13)30-12-16-15-9-5-6-10-17(15)28-18(16)19(27)24-21-26-25-20(31-21)14-7-3-2-4-8-14/h2-11H,12H2,1H3,(H,24,26,27). The minimum absolute atomic E-state index is 0.290. The first-order valence-electron chi connectivity index (χ1n) is 9.43. The van der Waals surface area contributed by atoms with Crippen LogP contribution in [0, 0.1) is 6.92 Å². The molecule has 0 spiro atoms. The van der Waals surface area contributed by atoms with Crippen molar-refractivity contribution in [2.45, 2.75) is 17.0 Å². The number of thioether (sulfide) groups is 1. The molecule has 31 heavy (non-hydrogen) atoms. The predicted octanol–water partition coefficient (Wildman–Crippen LogP) is 6.26. The molecule has 1 amide bonds. The van der Waals surface area contributed by atoms with E-state index in [0.29, 0.717) is 22.2 Å². The van der Waals surface area contributed by atoms with E-state index < -0.39 is 0 Å². The number of nitrogens with zero attached hydrogens (tertiary/aromatic N) is 3. The van der Waals surface area contributed by atoms with Crippen LogP contribution in [0.1, 0.15) is 21.8 Å². The average molecular weight is 465 g/mol. The summed E-state index contributed by atoms with van der Waals surface area (Å²) in [6.07, 6.45) is 0. The third kappa shape index (κ3) is 4.25. The number of carbonyl (C=O) groups excluding carboxylic acids is 1. The molecular formula is C22H16N4O2S3. The number of amides is 1. The highest BCUT2D eigenvalue weighted by Crippen LogP contribution is 2.34. The maximum atomic E-state index is 13.1. The second kappa shape index (κ2) is 8.62. The fourth-order valence-corrected chi connectivity index (χ4v) is 5.70. The van der Waals surface area contributed by atoms with Gasteiger partial charge in [-0.05, 0) is 13.0 Å². The maximum absolute atomic E-state index is 13.1. The topological polar surface area (TPSA) is 80.9 Å². The van der Waals surface area contributed by atoms with Gasteiger partial charge in [0.2, 0.25) is 5.13 Å². The monoisotopic (exact) mass is 464 g/mol. The first-order valence-corrected chi connectivity index (χ1v) is 12.1. The number of thiazole rings is 1. The van der Waals surface area contributed by atoms with Crippen LogP contribution in [0.2, 0.25) is 0 Å². The van der Waals surface area contributed by atoms with Gasteiger partial charge in [-0.3, -0.25) is 10.1 Å². The molecule has 0 aliphatic carbocycles. The number of nitrogens with one attached hydrogen (secondary N) is 1. The molecule has 0 aliphatic rings. The van der Waals surface area contributed by atoms with Gasteiger partial charge in [-0.15, -0.1) is 21.5 Å². The second-order valence-electron chi connectivity index (χ2n) is 6.68. The molecular weight excluding hydrogens is 448 g/mol. The van der Waals surface area contributed by atoms with Crippen LogP contribution in [-0.4, -0.2) is 21.1 Å². The lowest BCUT2D eigenvalue weighted by molar-refractivity contribution is 0.0997. The molecule has 0 saturated heterocycles. The summed E-state index contributed by atoms with van der Waals surface area (Å²) in [4.78, 5) is 17.6. The van der Waals surface area contributed by atoms with Crippen LogP contribution in [0.3, 0.4) is 0 Å². The molecule has 3 aromatic heterocycles. The summed E-state index contributed by atoms with van der Waals surface area (Å²) in [6.45, 7) is 1.97. The first-order chi connectivity index (χ1) is 15.2. The van der Waals surface area contributed by atoms with Crippen LogP contribution in [0.15, 0.2) is 68.7 Å². The molecule has 0 radical (unpaired) electrons. The van der Waals surface area contributed by atoms with E-state index in [-0.39, 0.29) is 5.91 Å². The van der Waals surface area contributed by atoms with E-state index in [0.717, 1.165) is 31.6 Å². The molecule has 3 heterocycles. The fourth-order valence-electron chi connectivity index (χ4n) is 3.08. The Bertz CT molecular complexity index is 1360. The number of aromatic nitrogens is 3. The Kier molecular flexibility index (Phi) is 5.54. The van der Waals surface area contributed by atoms with Crippen molar-refractivity contribution in [3.8, 4) is 10.6 Å². The van der Waals surface area contributed by atoms with Gasteiger partial charge >= 0.3 is 0 Å². The predicted molar refractivity (Wildman–Crippen MR) is 126 cm³/mol. The number of rotatable bonds is 6. The Morgan fingerprint density at radius 2 is 1.90 bits per heavy atom. The smallest absolute Gasteiger partial charge is 0.293 e. The van der Waals surface area contributed by atoms with Crippen molar-refractivity contribution in [1.29, 1.82) is 0 Å². The Morgan fingerprint density at radius 1 is 1.10 bits per heavy atom. The SMILES string of the molecule is Cc1csc(SCc2c(C(=O)Nc3nnc(-c4ccccc4)s3)oc3ccccc23)n1. The zero-order valence-electron chi connectivity index (χ0n) is 16.4. The van der Waals surface area contributed by atoms with Crippen LogP contribution in [-0.2, 0) is 5.75 Å². The van der Waals surface area contributed by atoms with Gasteiger partial charge in [0.1, 0.15) is 14.9 Å². The Balaban J connectivity index is 1.41. The summed E-state index contributed by atoms with van der Waals surface area (Å²) in [6, 6.07) is 17.4. The Morgan fingerprint density at radius 3 is 2.71 bits per heavy atom. The summed E-state index contributed by atoms with van der Waals surface area (Å²) >= 11 is 4.52. The highest BCUT2D eigenvalue weighted by Gasteiger charge is 2.22. The summed E-state index contributed by atoms with van der Waals surface area (Å²) in [5.41, 5.74) is 3.48. The van der Waals surface area contributed by atoms with E-state index in [1.165, 1.54) is 11.3 Å². The molecule has 0 unspecified atom stereocenters. The number of benzene rings is 2. The number of hydrogen-bond donors (Lipinski definition) is 1. The van der Waals surface area contributed by atoms with Gasteiger partial charge in [-0.1, -0.05) is 71.6 Å². The molecule has 0 bridgehead atoms. The molecule has 5 rings (SSSR count). The number of hydrogen-bond acceptors (Lipinski definition) is 8. The molecule has 0 saturated carbocycles. The molecule has 1 N–H and O–H groups in total. The van der Waals surface area contributed by atoms with E-state index >= 15 is 0 Å². The van der Waals surface area contributed by atoms with Crippen molar-refractivity contribution in [2.24, 2.45) is 0 Å². The van der Waals surface area contributed by atoms with Gasteiger partial charge in [-0.25, -0.2) is 4.98 Å². The number of fused-ring (bicyclic) bond motifs is 1. The quantitative estimate of drug-likeness (QED) is 0.299. The van der Waals surface area contributed by atoms with Crippen molar-refractivity contribution < 1.29 is 9.21 Å². The summed E-state index contributed by atoms with van der Waals surface area (Å²) < 4.78 is 6.90. The molecule has 6 nitrogen and oxygen atoms in total. The Labute approximate surface area is 190 Å². The third-order valence-corrected chi connectivity index (χ3v) is 7.56. The van der Waals surface area contributed by atoms with Gasteiger partial charge < -0.3 is 4.42 Å². The lowest BCUT2D eigenvalue weighted by Gasteiger charge is -2.02. The highest BCUT2D eigenvalue weighted by molar-refractivity contribution is 8.00. The van der Waals surface area contributed by atoms with Crippen molar-refractivity contribution in [3.63, 3.8) is 0 Å². The van der Waals surface area contributed by atoms with E-state index in [1.54, 1.807) is 23.1 Å². The van der Waals surface area contributed by atoms with E-state index in [9.17, 15) is 4.79 Å². The fraction of sp³-hybridized carbons (Fsp3) is 0.0909. The zero-order chi connectivity index (χ0) is 21.2. The maximum Gasteiger partial charge on any atom is 0.293 e. The highest BCUT2D eigenvalue weighted by atomic mass is 32.2. The van der Waals surface area contributed by atoms with Crippen molar-refractivity contribution in [1.82, 2.24) is 15.2 Å².